The first-order valence-corrected chi connectivity index (χ1v) is 1.87. The molecule has 0 rings (SSSR count). The van der Waals surface area contributed by atoms with E-state index in [0.717, 1.165) is 0 Å². The summed E-state index contributed by atoms with van der Waals surface area (Å²) in [5.41, 5.74) is 0. The van der Waals surface area contributed by atoms with Crippen molar-refractivity contribution in [1.29, 1.82) is 0 Å². The van der Waals surface area contributed by atoms with Crippen LogP contribution in [0.1, 0.15) is 2.85 Å². The summed E-state index contributed by atoms with van der Waals surface area (Å²) in [6, 6.07) is 0. The standard InChI is InChI=1S/2BH3O4.K.Na.2H/c2*2-1(3)5-4;;;;/h2*2-4H;;;;/q;;2*+1;2*-1. The molecule has 0 aliphatic rings. The SMILES string of the molecule is OOB(O)O.OOB(O)O.[H-].[H-].[K+].[Na+]. The van der Waals surface area contributed by atoms with Crippen LogP contribution < -0.4 is 80.9 Å². The Balaban J connectivity index is -0.0000000178. The molecule has 0 saturated heterocycles. The molecule has 0 amide bonds. The van der Waals surface area contributed by atoms with Gasteiger partial charge in [-0.1, -0.05) is 0 Å². The Hall–Kier alpha value is 2.45. The van der Waals surface area contributed by atoms with Gasteiger partial charge in [-0.25, -0.2) is 9.61 Å². The molecule has 6 N–H and O–H groups in total. The summed E-state index contributed by atoms with van der Waals surface area (Å²) in [5.74, 6) is 0. The Bertz CT molecular complexity index is 61.3. The van der Waals surface area contributed by atoms with Gasteiger partial charge in [-0.3, -0.25) is 10.5 Å². The van der Waals surface area contributed by atoms with Gasteiger partial charge in [0.25, 0.3) is 0 Å². The average molecular weight is 220 g/mol. The van der Waals surface area contributed by atoms with Gasteiger partial charge < -0.3 is 22.9 Å². The van der Waals surface area contributed by atoms with Crippen molar-refractivity contribution in [3.05, 3.63) is 0 Å². The quantitative estimate of drug-likeness (QED) is 0.153. The van der Waals surface area contributed by atoms with E-state index in [1.54, 1.807) is 0 Å². The van der Waals surface area contributed by atoms with Crippen molar-refractivity contribution in [3.8, 4) is 0 Å². The van der Waals surface area contributed by atoms with E-state index in [-0.39, 0.29) is 83.8 Å². The first kappa shape index (κ1) is 23.9. The van der Waals surface area contributed by atoms with Gasteiger partial charge in [-0.05, 0) is 0 Å². The third-order valence-corrected chi connectivity index (χ3v) is 0.189. The van der Waals surface area contributed by atoms with Crippen LogP contribution in [0, 0.1) is 0 Å². The molecular formula is H8B2KNaO8. The molecule has 0 aromatic rings. The van der Waals surface area contributed by atoms with Crippen LogP contribution in [0.3, 0.4) is 0 Å². The monoisotopic (exact) mass is 220 g/mol. The summed E-state index contributed by atoms with van der Waals surface area (Å²) in [6.07, 6.45) is 0. The largest absolute Gasteiger partial charge is 1.00 e. The molecule has 0 bridgehead atoms. The molecule has 12 heavy (non-hydrogen) atoms. The maximum Gasteiger partial charge on any atom is 1.00 e. The topological polar surface area (TPSA) is 140 Å². The van der Waals surface area contributed by atoms with Gasteiger partial charge >= 0.3 is 95.6 Å². The Morgan fingerprint density at radius 2 is 0.917 bits per heavy atom. The molecule has 12 heteroatoms. The van der Waals surface area contributed by atoms with Gasteiger partial charge in [0.1, 0.15) is 0 Å². The summed E-state index contributed by atoms with van der Waals surface area (Å²) >= 11 is 0. The van der Waals surface area contributed by atoms with E-state index in [4.69, 9.17) is 30.6 Å². The average Bonchev–Trinajstić information content (AvgIpc) is 1.89. The van der Waals surface area contributed by atoms with Crippen molar-refractivity contribution in [3.63, 3.8) is 0 Å². The summed E-state index contributed by atoms with van der Waals surface area (Å²) in [7, 11) is -4.12. The fraction of sp³-hybridized carbons (Fsp3) is 0. The van der Waals surface area contributed by atoms with Gasteiger partial charge in [-0.15, -0.1) is 0 Å². The van der Waals surface area contributed by atoms with Gasteiger partial charge in [0, 0.05) is 0 Å². The second-order valence-corrected chi connectivity index (χ2v) is 0.863. The van der Waals surface area contributed by atoms with Crippen LogP contribution in [0.2, 0.25) is 0 Å². The van der Waals surface area contributed by atoms with Crippen LogP contribution >= 0.6 is 0 Å². The van der Waals surface area contributed by atoms with Crippen molar-refractivity contribution in [1.82, 2.24) is 0 Å². The molecule has 0 heterocycles. The van der Waals surface area contributed by atoms with E-state index in [1.807, 2.05) is 0 Å². The summed E-state index contributed by atoms with van der Waals surface area (Å²) in [4.78, 5) is 5.72. The van der Waals surface area contributed by atoms with Crippen molar-refractivity contribution in [2.24, 2.45) is 0 Å². The van der Waals surface area contributed by atoms with Crippen LogP contribution in [-0.4, -0.2) is 45.3 Å². The second-order valence-electron chi connectivity index (χ2n) is 0.863. The third kappa shape index (κ3) is 39.2. The summed E-state index contributed by atoms with van der Waals surface area (Å²) < 4.78 is 0. The zero-order valence-corrected chi connectivity index (χ0v) is 11.8. The van der Waals surface area contributed by atoms with Crippen LogP contribution in [-0.2, 0) is 9.61 Å². The molecule has 0 unspecified atom stereocenters. The Morgan fingerprint density at radius 3 is 0.917 bits per heavy atom. The zero-order chi connectivity index (χ0) is 8.57. The Labute approximate surface area is 136 Å². The van der Waals surface area contributed by atoms with Gasteiger partial charge in [0.2, 0.25) is 0 Å². The number of hydrogen-bond donors (Lipinski definition) is 6. The minimum Gasteiger partial charge on any atom is -1.00 e. The van der Waals surface area contributed by atoms with Crippen molar-refractivity contribution in [2.75, 3.05) is 0 Å². The van der Waals surface area contributed by atoms with Gasteiger partial charge in [0.05, 0.1) is 0 Å². The molecular weight excluding hydrogens is 212 g/mol. The normalized spacial score (nSPS) is 6.50. The van der Waals surface area contributed by atoms with E-state index in [0.29, 0.717) is 0 Å². The molecule has 0 saturated carbocycles. The van der Waals surface area contributed by atoms with E-state index in [1.165, 1.54) is 0 Å². The molecule has 64 valence electrons. The minimum absolute atomic E-state index is 0. The fourth-order valence-corrected chi connectivity index (χ4v) is 0. The van der Waals surface area contributed by atoms with Crippen LogP contribution in [0.25, 0.3) is 0 Å². The predicted molar refractivity (Wildman–Crippen MR) is 30.0 cm³/mol. The molecule has 8 nitrogen and oxygen atoms in total. The van der Waals surface area contributed by atoms with Crippen molar-refractivity contribution < 1.29 is 124 Å². The first-order chi connectivity index (χ1) is 4.54. The van der Waals surface area contributed by atoms with Crippen molar-refractivity contribution >= 4 is 14.6 Å². The maximum absolute atomic E-state index is 7.44. The van der Waals surface area contributed by atoms with E-state index < -0.39 is 14.6 Å². The van der Waals surface area contributed by atoms with Crippen LogP contribution in [0.15, 0.2) is 0 Å². The number of hydrogen-bond acceptors (Lipinski definition) is 8. The maximum atomic E-state index is 7.44. The van der Waals surface area contributed by atoms with Gasteiger partial charge in [0.15, 0.2) is 0 Å². The van der Waals surface area contributed by atoms with E-state index >= 15 is 0 Å². The predicted octanol–water partition coefficient (Wildman–Crippen LogP) is -8.88. The van der Waals surface area contributed by atoms with Crippen molar-refractivity contribution in [2.45, 2.75) is 0 Å². The van der Waals surface area contributed by atoms with Crippen LogP contribution in [0.5, 0.6) is 0 Å². The van der Waals surface area contributed by atoms with E-state index in [2.05, 4.69) is 9.61 Å². The fourth-order valence-electron chi connectivity index (χ4n) is 0. The minimum atomic E-state index is -2.06. The molecule has 0 atom stereocenters. The van der Waals surface area contributed by atoms with E-state index in [9.17, 15) is 0 Å². The second kappa shape index (κ2) is 19.1. The molecule has 0 fully saturated rings. The third-order valence-electron chi connectivity index (χ3n) is 0.189. The summed E-state index contributed by atoms with van der Waals surface area (Å²) in [6.45, 7) is 0. The van der Waals surface area contributed by atoms with Gasteiger partial charge in [-0.2, -0.15) is 0 Å². The molecule has 0 spiro atoms. The Kier molecular flexibility index (Phi) is 38.1. The molecule has 0 aliphatic carbocycles. The number of rotatable bonds is 2. The molecule has 0 radical (unpaired) electrons. The molecule has 0 aromatic heterocycles. The van der Waals surface area contributed by atoms with Crippen LogP contribution in [0.4, 0.5) is 0 Å². The smallest absolute Gasteiger partial charge is 1.00 e. The summed E-state index contributed by atoms with van der Waals surface area (Å²) in [5, 5.41) is 44.1. The first-order valence-electron chi connectivity index (χ1n) is 1.87. The Morgan fingerprint density at radius 1 is 0.833 bits per heavy atom. The molecule has 0 aliphatic heterocycles. The molecule has 0 aromatic carbocycles. The zero-order valence-electron chi connectivity index (χ0n) is 8.65.